The summed E-state index contributed by atoms with van der Waals surface area (Å²) in [6.07, 6.45) is -7.93. The topological polar surface area (TPSA) is 327 Å². The molecule has 17 atom stereocenters. The van der Waals surface area contributed by atoms with Gasteiger partial charge in [0.1, 0.15) is 61.5 Å². The number of ether oxygens (including phenoxy) is 8. The Balaban J connectivity index is 1.52. The molecule has 3 saturated heterocycles. The van der Waals surface area contributed by atoms with Crippen LogP contribution in [0.15, 0.2) is 0 Å². The van der Waals surface area contributed by atoms with Gasteiger partial charge in [0.05, 0.1) is 31.5 Å². The molecule has 0 bridgehead atoms. The Morgan fingerprint density at radius 2 is 1.09 bits per heavy atom. The summed E-state index contributed by atoms with van der Waals surface area (Å²) in [4.78, 5) is 34.1. The number of carbonyl (C=O) groups excluding carboxylic acids is 2. The minimum absolute atomic E-state index is 0.275. The number of carboxylic acids is 1. The summed E-state index contributed by atoms with van der Waals surface area (Å²) in [6, 6.07) is 0. The van der Waals surface area contributed by atoms with Crippen molar-refractivity contribution < 1.29 is 103 Å². The highest BCUT2D eigenvalue weighted by molar-refractivity contribution is 5.71. The molecule has 0 aliphatic carbocycles. The van der Waals surface area contributed by atoms with E-state index < -0.39 is 135 Å². The number of unbranched alkanes of at least 4 members (excludes halogenated alkanes) is 12. The highest BCUT2D eigenvalue weighted by Gasteiger charge is 2.52. The van der Waals surface area contributed by atoms with Crippen molar-refractivity contribution in [1.29, 1.82) is 0 Å². The average Bonchev–Trinajstić information content (AvgIpc) is 3.28. The highest BCUT2D eigenvalue weighted by Crippen LogP contribution is 2.32. The third-order valence-electron chi connectivity index (χ3n) is 12.5. The Bertz CT molecular complexity index is 1380. The van der Waals surface area contributed by atoms with E-state index in [9.17, 15) is 60.3 Å². The summed E-state index contributed by atoms with van der Waals surface area (Å²) in [6.45, 7) is 3.02. The summed E-state index contributed by atoms with van der Waals surface area (Å²) < 4.78 is 46.0. The van der Waals surface area contributed by atoms with Gasteiger partial charge in [-0.05, 0) is 38.5 Å². The molecule has 392 valence electrons. The number of aliphatic hydroxyl groups excluding tert-OH is 9. The number of esters is 2. The molecule has 3 aliphatic heterocycles. The van der Waals surface area contributed by atoms with Gasteiger partial charge >= 0.3 is 17.9 Å². The minimum atomic E-state index is -1.90. The first-order chi connectivity index (χ1) is 31.9. The van der Waals surface area contributed by atoms with Crippen molar-refractivity contribution in [3.63, 3.8) is 0 Å². The van der Waals surface area contributed by atoms with E-state index >= 15 is 0 Å². The summed E-state index contributed by atoms with van der Waals surface area (Å²) in [5.74, 6) is -2.58. The van der Waals surface area contributed by atoms with Crippen LogP contribution in [0.5, 0.6) is 0 Å². The van der Waals surface area contributed by atoms with E-state index in [0.29, 0.717) is 38.5 Å². The van der Waals surface area contributed by atoms with E-state index in [4.69, 9.17) is 43.0 Å². The quantitative estimate of drug-likeness (QED) is 0.0327. The molecule has 67 heavy (non-hydrogen) atoms. The van der Waals surface area contributed by atoms with E-state index in [0.717, 1.165) is 104 Å². The van der Waals surface area contributed by atoms with Crippen molar-refractivity contribution in [3.8, 4) is 0 Å². The van der Waals surface area contributed by atoms with Crippen LogP contribution in [0.3, 0.4) is 0 Å². The van der Waals surface area contributed by atoms with E-state index in [1.807, 2.05) is 6.92 Å². The van der Waals surface area contributed by atoms with Gasteiger partial charge in [-0.15, -0.1) is 0 Å². The number of carbonyl (C=O) groups is 3. The molecule has 0 unspecified atom stereocenters. The molecule has 0 aromatic rings. The molecule has 0 saturated carbocycles. The number of rotatable bonds is 33. The molecule has 21 heteroatoms. The van der Waals surface area contributed by atoms with Crippen LogP contribution in [0.25, 0.3) is 0 Å². The molecule has 21 nitrogen and oxygen atoms in total. The molecule has 0 aromatic carbocycles. The first-order valence-corrected chi connectivity index (χ1v) is 24.5. The predicted molar refractivity (Wildman–Crippen MR) is 235 cm³/mol. The highest BCUT2D eigenvalue weighted by atomic mass is 16.8. The second-order valence-corrected chi connectivity index (χ2v) is 18.3. The zero-order valence-corrected chi connectivity index (χ0v) is 39.5. The molecule has 3 aliphatic rings. The van der Waals surface area contributed by atoms with Crippen LogP contribution in [0, 0.1) is 0 Å². The molecule has 0 aromatic heterocycles. The smallest absolute Gasteiger partial charge is 0.332 e. The predicted octanol–water partition coefficient (Wildman–Crippen LogP) is 1.23. The second kappa shape index (κ2) is 31.9. The number of carboxylic acid groups (broad SMARTS) is 1. The van der Waals surface area contributed by atoms with Gasteiger partial charge in [-0.25, -0.2) is 4.79 Å². The number of aliphatic hydroxyl groups is 9. The Labute approximate surface area is 393 Å². The maximum atomic E-state index is 12.0. The van der Waals surface area contributed by atoms with Crippen molar-refractivity contribution in [1.82, 2.24) is 0 Å². The molecule has 10 N–H and O–H groups in total. The summed E-state index contributed by atoms with van der Waals surface area (Å²) in [7, 11) is 0. The Morgan fingerprint density at radius 3 is 1.66 bits per heavy atom. The van der Waals surface area contributed by atoms with E-state index in [2.05, 4.69) is 0 Å². The largest absolute Gasteiger partial charge is 0.479 e. The zero-order valence-electron chi connectivity index (χ0n) is 39.5. The third-order valence-corrected chi connectivity index (χ3v) is 12.5. The second-order valence-electron chi connectivity index (χ2n) is 18.3. The van der Waals surface area contributed by atoms with Crippen molar-refractivity contribution in [3.05, 3.63) is 0 Å². The first-order valence-electron chi connectivity index (χ1n) is 24.5. The maximum absolute atomic E-state index is 12.0. The molecule has 3 heterocycles. The minimum Gasteiger partial charge on any atom is -0.479 e. The maximum Gasteiger partial charge on any atom is 0.332 e. The normalized spacial score (nSPS) is 32.0. The van der Waals surface area contributed by atoms with Crippen LogP contribution in [0.1, 0.15) is 149 Å². The van der Waals surface area contributed by atoms with Crippen LogP contribution < -0.4 is 0 Å². The molecular formula is C46H82O21. The molecule has 3 rings (SSSR count). The van der Waals surface area contributed by atoms with Gasteiger partial charge < -0.3 is 89.0 Å². The van der Waals surface area contributed by atoms with Crippen molar-refractivity contribution in [2.24, 2.45) is 0 Å². The summed E-state index contributed by atoms with van der Waals surface area (Å²) >= 11 is 0. The molecule has 0 amide bonds. The summed E-state index contributed by atoms with van der Waals surface area (Å²) in [5, 5.41) is 105. The van der Waals surface area contributed by atoms with E-state index in [-0.39, 0.29) is 6.61 Å². The number of hydrogen-bond acceptors (Lipinski definition) is 20. The fourth-order valence-corrected chi connectivity index (χ4v) is 8.46. The van der Waals surface area contributed by atoms with Gasteiger partial charge in [0.2, 0.25) is 0 Å². The van der Waals surface area contributed by atoms with Crippen molar-refractivity contribution in [2.45, 2.75) is 254 Å². The zero-order chi connectivity index (χ0) is 49.5. The van der Waals surface area contributed by atoms with Crippen LogP contribution in [-0.4, -0.2) is 193 Å². The molecular weight excluding hydrogens is 888 g/mol. The van der Waals surface area contributed by atoms with Gasteiger partial charge in [-0.3, -0.25) is 9.59 Å². The summed E-state index contributed by atoms with van der Waals surface area (Å²) in [5.41, 5.74) is 0. The van der Waals surface area contributed by atoms with E-state index in [1.165, 1.54) is 0 Å². The van der Waals surface area contributed by atoms with Gasteiger partial charge in [0, 0.05) is 13.8 Å². The lowest BCUT2D eigenvalue weighted by atomic mass is 9.98. The molecule has 0 spiro atoms. The Morgan fingerprint density at radius 1 is 0.567 bits per heavy atom. The fourth-order valence-electron chi connectivity index (χ4n) is 8.46. The van der Waals surface area contributed by atoms with Gasteiger partial charge in [0.25, 0.3) is 0 Å². The molecule has 0 radical (unpaired) electrons. The fraction of sp³-hybridized carbons (Fsp3) is 0.935. The van der Waals surface area contributed by atoms with Crippen LogP contribution in [-0.2, 0) is 52.3 Å². The average molecular weight is 971 g/mol. The number of hydrogen-bond donors (Lipinski definition) is 10. The monoisotopic (exact) mass is 971 g/mol. The lowest BCUT2D eigenvalue weighted by molar-refractivity contribution is -0.380. The lowest BCUT2D eigenvalue weighted by Crippen LogP contribution is -2.64. The number of aliphatic carboxylic acids is 1. The van der Waals surface area contributed by atoms with Crippen LogP contribution in [0.4, 0.5) is 0 Å². The van der Waals surface area contributed by atoms with Gasteiger partial charge in [0.15, 0.2) is 31.1 Å². The first kappa shape index (κ1) is 59.1. The Kier molecular flexibility index (Phi) is 28.2. The third kappa shape index (κ3) is 21.0. The van der Waals surface area contributed by atoms with Crippen LogP contribution in [0.2, 0.25) is 0 Å². The van der Waals surface area contributed by atoms with Gasteiger partial charge in [-0.2, -0.15) is 0 Å². The van der Waals surface area contributed by atoms with Crippen molar-refractivity contribution >= 4 is 17.9 Å². The van der Waals surface area contributed by atoms with Gasteiger partial charge in [-0.1, -0.05) is 96.8 Å². The van der Waals surface area contributed by atoms with E-state index in [1.54, 1.807) is 0 Å². The lowest BCUT2D eigenvalue weighted by Gasteiger charge is -2.46. The van der Waals surface area contributed by atoms with Crippen LogP contribution >= 0.6 is 0 Å². The molecule has 3 fully saturated rings. The standard InChI is InChI=1S/C46H82O21/c1-4-5-19-29(20-18-23-31(50)30(49)21-16-14-12-10-8-6-7-9-11-13-15-17-22-32(51)43(58)59)64-45-42(38(55)35(26-62-45)63-28(3)48)67-46-41(36(53)33(52)24-61-46)66-44-40(57)39(56)37(54)34(65-44)25-60-27(2)47/h29-42,44-46,49-57H,4-26H2,1-3H3,(H,58,59)/t29-,30-,31+,32+,33-,34-,35-,36+,37-,38+,39+,40-,41-,42-,44+,45+,46+/m1/s1. The Hall–Kier alpha value is -2.19. The SMILES string of the molecule is CCCC[C@H](CCC[C@H](O)[C@H](O)CCCCCCCCCCCCCC[C@H](O)C(=O)O)O[C@@H]1OC[C@@H](OC(C)=O)[C@H](O)[C@H]1O[C@@H]1OC[C@@H](O)[C@H](O)[C@H]1O[C@@H]1O[C@H](COC(C)=O)[C@@H](O)[C@H](O)[C@H]1O. The van der Waals surface area contributed by atoms with Crippen molar-refractivity contribution in [2.75, 3.05) is 19.8 Å².